The summed E-state index contributed by atoms with van der Waals surface area (Å²) in [4.78, 5) is 11.4. The Bertz CT molecular complexity index is 791. The lowest BCUT2D eigenvalue weighted by molar-refractivity contribution is -0.00151. The standard InChI is InChI=1S/C20H28N6O2/c1-26-14-3-2-4-15(26)8-16(7-14)28-20-11-21-10-19(23-20)22-18-9-17(24-25-18)13-5-6-27-12-13/h9-11,13-16H,2-8,12H2,1H3,(H2,22,23,24,25)/t13-,14-,15+,16?/m1/s1. The van der Waals surface area contributed by atoms with Gasteiger partial charge in [0, 0.05) is 36.4 Å². The molecular formula is C20H28N6O2. The van der Waals surface area contributed by atoms with Crippen LogP contribution >= 0.6 is 0 Å². The van der Waals surface area contributed by atoms with E-state index in [0.717, 1.165) is 44.0 Å². The van der Waals surface area contributed by atoms with Gasteiger partial charge in [-0.2, -0.15) is 10.1 Å². The summed E-state index contributed by atoms with van der Waals surface area (Å²) in [5.74, 6) is 2.36. The number of aromatic amines is 1. The fraction of sp³-hybridized carbons (Fsp3) is 0.650. The lowest BCUT2D eigenvalue weighted by atomic mass is 9.83. The normalized spacial score (nSPS) is 30.3. The Morgan fingerprint density at radius 3 is 2.82 bits per heavy atom. The Balaban J connectivity index is 1.23. The van der Waals surface area contributed by atoms with E-state index in [1.54, 1.807) is 12.4 Å². The zero-order valence-corrected chi connectivity index (χ0v) is 16.3. The van der Waals surface area contributed by atoms with E-state index in [1.807, 2.05) is 6.07 Å². The second kappa shape index (κ2) is 7.67. The van der Waals surface area contributed by atoms with Crippen molar-refractivity contribution in [2.75, 3.05) is 25.6 Å². The Morgan fingerprint density at radius 1 is 1.18 bits per heavy atom. The molecule has 4 atom stereocenters. The van der Waals surface area contributed by atoms with Gasteiger partial charge in [-0.1, -0.05) is 6.42 Å². The van der Waals surface area contributed by atoms with E-state index in [2.05, 4.69) is 37.4 Å². The van der Waals surface area contributed by atoms with Gasteiger partial charge in [0.2, 0.25) is 5.88 Å². The first-order valence-electron chi connectivity index (χ1n) is 10.4. The summed E-state index contributed by atoms with van der Waals surface area (Å²) < 4.78 is 11.7. The van der Waals surface area contributed by atoms with Crippen LogP contribution in [0.15, 0.2) is 18.5 Å². The molecule has 2 bridgehead atoms. The first-order valence-corrected chi connectivity index (χ1v) is 10.4. The van der Waals surface area contributed by atoms with Crippen LogP contribution in [-0.4, -0.2) is 63.5 Å². The highest BCUT2D eigenvalue weighted by Gasteiger charge is 2.37. The summed E-state index contributed by atoms with van der Waals surface area (Å²) in [5.41, 5.74) is 1.10. The van der Waals surface area contributed by atoms with E-state index < -0.39 is 0 Å². The third-order valence-electron chi connectivity index (χ3n) is 6.42. The summed E-state index contributed by atoms with van der Waals surface area (Å²) >= 11 is 0. The topological polar surface area (TPSA) is 88.2 Å². The van der Waals surface area contributed by atoms with Crippen molar-refractivity contribution in [1.29, 1.82) is 0 Å². The van der Waals surface area contributed by atoms with Crippen molar-refractivity contribution in [3.63, 3.8) is 0 Å². The van der Waals surface area contributed by atoms with Crippen LogP contribution in [0.3, 0.4) is 0 Å². The van der Waals surface area contributed by atoms with Gasteiger partial charge in [0.25, 0.3) is 0 Å². The summed E-state index contributed by atoms with van der Waals surface area (Å²) in [6.07, 6.45) is 10.7. The van der Waals surface area contributed by atoms with Crippen molar-refractivity contribution in [3.05, 3.63) is 24.2 Å². The monoisotopic (exact) mass is 384 g/mol. The second-order valence-corrected chi connectivity index (χ2v) is 8.25. The number of anilines is 2. The Hall–Kier alpha value is -2.19. The highest BCUT2D eigenvalue weighted by atomic mass is 16.5. The fourth-order valence-electron chi connectivity index (χ4n) is 4.82. The number of nitrogens with zero attached hydrogens (tertiary/aromatic N) is 4. The molecule has 0 aromatic carbocycles. The lowest BCUT2D eigenvalue weighted by Crippen LogP contribution is -2.52. The quantitative estimate of drug-likeness (QED) is 0.819. The molecule has 5 rings (SSSR count). The zero-order chi connectivity index (χ0) is 18.9. The van der Waals surface area contributed by atoms with Gasteiger partial charge in [-0.3, -0.25) is 10.1 Å². The SMILES string of the molecule is CN1[C@@H]2CCC[C@H]1CC(Oc1cncc(Nc3cc([C@@H]4CCOC4)[nH]n3)n1)C2. The molecule has 3 aliphatic rings. The van der Waals surface area contributed by atoms with E-state index in [1.165, 1.54) is 19.3 Å². The largest absolute Gasteiger partial charge is 0.473 e. The molecule has 2 aromatic heterocycles. The van der Waals surface area contributed by atoms with Crippen LogP contribution < -0.4 is 10.1 Å². The third kappa shape index (κ3) is 3.71. The molecule has 1 unspecified atom stereocenters. The number of hydrogen-bond acceptors (Lipinski definition) is 7. The number of fused-ring (bicyclic) bond motifs is 2. The molecule has 0 spiro atoms. The molecule has 3 aliphatic heterocycles. The molecule has 150 valence electrons. The van der Waals surface area contributed by atoms with Gasteiger partial charge in [0.05, 0.1) is 19.0 Å². The Labute approximate surface area is 165 Å². The van der Waals surface area contributed by atoms with Gasteiger partial charge in [0.1, 0.15) is 6.10 Å². The molecule has 0 saturated carbocycles. The summed E-state index contributed by atoms with van der Waals surface area (Å²) in [7, 11) is 2.25. The number of nitrogens with one attached hydrogen (secondary N) is 2. The molecule has 0 radical (unpaired) electrons. The summed E-state index contributed by atoms with van der Waals surface area (Å²) in [5, 5.41) is 10.7. The van der Waals surface area contributed by atoms with Crippen LogP contribution in [0.1, 0.15) is 50.1 Å². The predicted octanol–water partition coefficient (Wildman–Crippen LogP) is 2.84. The molecule has 0 amide bonds. The van der Waals surface area contributed by atoms with Crippen LogP contribution in [0.25, 0.3) is 0 Å². The number of ether oxygens (including phenoxy) is 2. The van der Waals surface area contributed by atoms with Crippen LogP contribution in [0, 0.1) is 0 Å². The molecule has 2 N–H and O–H groups in total. The zero-order valence-electron chi connectivity index (χ0n) is 16.3. The maximum Gasteiger partial charge on any atom is 0.234 e. The minimum Gasteiger partial charge on any atom is -0.473 e. The predicted molar refractivity (Wildman–Crippen MR) is 105 cm³/mol. The number of H-pyrrole nitrogens is 1. The van der Waals surface area contributed by atoms with Gasteiger partial charge in [0.15, 0.2) is 11.6 Å². The minimum atomic E-state index is 0.218. The second-order valence-electron chi connectivity index (χ2n) is 8.25. The van der Waals surface area contributed by atoms with Crippen molar-refractivity contribution < 1.29 is 9.47 Å². The average Bonchev–Trinajstić information content (AvgIpc) is 3.34. The van der Waals surface area contributed by atoms with E-state index in [9.17, 15) is 0 Å². The molecule has 3 saturated heterocycles. The van der Waals surface area contributed by atoms with Gasteiger partial charge in [-0.25, -0.2) is 0 Å². The van der Waals surface area contributed by atoms with Crippen LogP contribution in [-0.2, 0) is 4.74 Å². The molecule has 0 aliphatic carbocycles. The summed E-state index contributed by atoms with van der Waals surface area (Å²) in [6.45, 7) is 1.57. The average molecular weight is 384 g/mol. The number of rotatable bonds is 5. The third-order valence-corrected chi connectivity index (χ3v) is 6.42. The van der Waals surface area contributed by atoms with Crippen molar-refractivity contribution >= 4 is 11.6 Å². The smallest absolute Gasteiger partial charge is 0.234 e. The molecule has 28 heavy (non-hydrogen) atoms. The summed E-state index contributed by atoms with van der Waals surface area (Å²) in [6, 6.07) is 3.29. The molecule has 3 fully saturated rings. The van der Waals surface area contributed by atoms with Crippen molar-refractivity contribution in [1.82, 2.24) is 25.1 Å². The van der Waals surface area contributed by atoms with Gasteiger partial charge in [-0.15, -0.1) is 0 Å². The maximum atomic E-state index is 6.22. The molecule has 2 aromatic rings. The van der Waals surface area contributed by atoms with Crippen molar-refractivity contribution in [2.24, 2.45) is 0 Å². The molecule has 8 nitrogen and oxygen atoms in total. The van der Waals surface area contributed by atoms with Gasteiger partial charge in [-0.05, 0) is 39.2 Å². The van der Waals surface area contributed by atoms with Crippen LogP contribution in [0.5, 0.6) is 5.88 Å². The lowest BCUT2D eigenvalue weighted by Gasteiger charge is -2.46. The van der Waals surface area contributed by atoms with E-state index in [4.69, 9.17) is 9.47 Å². The van der Waals surface area contributed by atoms with Crippen molar-refractivity contribution in [3.8, 4) is 5.88 Å². The fourth-order valence-corrected chi connectivity index (χ4v) is 4.82. The first-order chi connectivity index (χ1) is 13.7. The van der Waals surface area contributed by atoms with E-state index in [-0.39, 0.29) is 6.10 Å². The highest BCUT2D eigenvalue weighted by Crippen LogP contribution is 2.34. The number of hydrogen-bond donors (Lipinski definition) is 2. The number of aromatic nitrogens is 4. The van der Waals surface area contributed by atoms with Crippen LogP contribution in [0.2, 0.25) is 0 Å². The molecule has 8 heteroatoms. The Morgan fingerprint density at radius 2 is 2.04 bits per heavy atom. The van der Waals surface area contributed by atoms with Crippen LogP contribution in [0.4, 0.5) is 11.6 Å². The van der Waals surface area contributed by atoms with E-state index >= 15 is 0 Å². The molecular weight excluding hydrogens is 356 g/mol. The Kier molecular flexibility index (Phi) is 4.90. The van der Waals surface area contributed by atoms with Gasteiger partial charge < -0.3 is 19.7 Å². The van der Waals surface area contributed by atoms with Gasteiger partial charge >= 0.3 is 0 Å². The van der Waals surface area contributed by atoms with E-state index in [0.29, 0.717) is 29.7 Å². The first kappa shape index (κ1) is 17.9. The minimum absolute atomic E-state index is 0.218. The number of piperidine rings is 2. The van der Waals surface area contributed by atoms with Crippen molar-refractivity contribution in [2.45, 2.75) is 62.6 Å². The highest BCUT2D eigenvalue weighted by molar-refractivity contribution is 5.51. The molecule has 5 heterocycles. The maximum absolute atomic E-state index is 6.22.